The van der Waals surface area contributed by atoms with E-state index in [4.69, 9.17) is 14.2 Å². The molecule has 1 aromatic heterocycles. The summed E-state index contributed by atoms with van der Waals surface area (Å²) in [6, 6.07) is 5.26. The molecular weight excluding hydrogens is 374 g/mol. The Kier molecular flexibility index (Phi) is 6.21. The van der Waals surface area contributed by atoms with Gasteiger partial charge in [0.25, 0.3) is 5.91 Å². The van der Waals surface area contributed by atoms with E-state index in [0.29, 0.717) is 24.7 Å². The molecule has 8 heteroatoms. The molecule has 1 atom stereocenters. The fourth-order valence-corrected chi connectivity index (χ4v) is 3.06. The monoisotopic (exact) mass is 399 g/mol. The number of carbonyl (C=O) groups excluding carboxylic acids is 2. The minimum Gasteiger partial charge on any atom is -0.486 e. The molecule has 0 bridgehead atoms. The van der Waals surface area contributed by atoms with Crippen LogP contribution in [0.1, 0.15) is 35.5 Å². The van der Waals surface area contributed by atoms with Crippen molar-refractivity contribution in [2.45, 2.75) is 26.8 Å². The highest BCUT2D eigenvalue weighted by molar-refractivity contribution is 5.89. The second-order valence-corrected chi connectivity index (χ2v) is 6.84. The fourth-order valence-electron chi connectivity index (χ4n) is 3.06. The number of ether oxygens (including phenoxy) is 3. The second kappa shape index (κ2) is 8.81. The summed E-state index contributed by atoms with van der Waals surface area (Å²) >= 11 is 0. The van der Waals surface area contributed by atoms with Crippen LogP contribution in [0.3, 0.4) is 0 Å². The molecule has 1 aliphatic heterocycles. The topological polar surface area (TPSA) is 91.7 Å². The Hall–Kier alpha value is -3.29. The Morgan fingerprint density at radius 3 is 2.69 bits per heavy atom. The first-order chi connectivity index (χ1) is 13.8. The molecule has 0 aliphatic carbocycles. The van der Waals surface area contributed by atoms with Gasteiger partial charge in [-0.3, -0.25) is 9.48 Å². The maximum Gasteiger partial charge on any atom is 0.331 e. The van der Waals surface area contributed by atoms with Crippen molar-refractivity contribution >= 4 is 18.0 Å². The van der Waals surface area contributed by atoms with Gasteiger partial charge in [-0.15, -0.1) is 0 Å². The normalized spacial score (nSPS) is 13.9. The van der Waals surface area contributed by atoms with Crippen LogP contribution < -0.4 is 14.8 Å². The molecule has 2 heterocycles. The van der Waals surface area contributed by atoms with Gasteiger partial charge in [0.05, 0.1) is 11.7 Å². The molecule has 0 spiro atoms. The quantitative estimate of drug-likeness (QED) is 0.592. The number of benzene rings is 1. The van der Waals surface area contributed by atoms with Crippen molar-refractivity contribution in [3.8, 4) is 11.5 Å². The van der Waals surface area contributed by atoms with E-state index in [1.54, 1.807) is 10.8 Å². The lowest BCUT2D eigenvalue weighted by atomic mass is 10.1. The van der Waals surface area contributed by atoms with Gasteiger partial charge in [-0.25, -0.2) is 4.79 Å². The van der Waals surface area contributed by atoms with Crippen LogP contribution in [0.5, 0.6) is 11.5 Å². The molecule has 1 aliphatic rings. The Morgan fingerprint density at radius 1 is 1.28 bits per heavy atom. The number of amides is 1. The van der Waals surface area contributed by atoms with Crippen LogP contribution in [0, 0.1) is 13.8 Å². The molecule has 2 aromatic rings. The van der Waals surface area contributed by atoms with Gasteiger partial charge in [0.2, 0.25) is 0 Å². The molecule has 3 rings (SSSR count). The number of aromatic nitrogens is 2. The van der Waals surface area contributed by atoms with Gasteiger partial charge in [0.15, 0.2) is 18.1 Å². The van der Waals surface area contributed by atoms with E-state index in [1.807, 2.05) is 46.0 Å². The van der Waals surface area contributed by atoms with E-state index in [2.05, 4.69) is 10.4 Å². The minimum atomic E-state index is -0.588. The second-order valence-electron chi connectivity index (χ2n) is 6.84. The summed E-state index contributed by atoms with van der Waals surface area (Å²) in [4.78, 5) is 24.0. The van der Waals surface area contributed by atoms with Crippen LogP contribution in [0.4, 0.5) is 0 Å². The molecule has 1 aromatic carbocycles. The summed E-state index contributed by atoms with van der Waals surface area (Å²) in [6.07, 6.45) is 2.95. The molecule has 0 radical (unpaired) electrons. The van der Waals surface area contributed by atoms with Crippen LogP contribution in [-0.2, 0) is 21.4 Å². The molecule has 0 unspecified atom stereocenters. The zero-order chi connectivity index (χ0) is 21.0. The van der Waals surface area contributed by atoms with E-state index in [1.165, 1.54) is 6.08 Å². The van der Waals surface area contributed by atoms with Crippen LogP contribution in [-0.4, -0.2) is 41.5 Å². The lowest BCUT2D eigenvalue weighted by Crippen LogP contribution is -2.31. The average molecular weight is 399 g/mol. The average Bonchev–Trinajstić information content (AvgIpc) is 2.95. The molecule has 154 valence electrons. The zero-order valence-electron chi connectivity index (χ0n) is 17.0. The third-order valence-electron chi connectivity index (χ3n) is 4.74. The van der Waals surface area contributed by atoms with Crippen molar-refractivity contribution in [3.05, 3.63) is 46.8 Å². The van der Waals surface area contributed by atoms with Crippen molar-refractivity contribution in [1.82, 2.24) is 15.1 Å². The van der Waals surface area contributed by atoms with Crippen molar-refractivity contribution in [2.75, 3.05) is 19.8 Å². The van der Waals surface area contributed by atoms with E-state index >= 15 is 0 Å². The van der Waals surface area contributed by atoms with E-state index in [0.717, 1.165) is 22.5 Å². The maximum absolute atomic E-state index is 12.1. The molecule has 1 N–H and O–H groups in total. The lowest BCUT2D eigenvalue weighted by molar-refractivity contribution is -0.144. The van der Waals surface area contributed by atoms with Gasteiger partial charge in [-0.1, -0.05) is 6.07 Å². The molecule has 0 saturated heterocycles. The highest BCUT2D eigenvalue weighted by Gasteiger charge is 2.16. The van der Waals surface area contributed by atoms with Gasteiger partial charge in [0, 0.05) is 24.4 Å². The summed E-state index contributed by atoms with van der Waals surface area (Å²) in [7, 11) is 1.84. The van der Waals surface area contributed by atoms with Crippen LogP contribution in [0.25, 0.3) is 6.08 Å². The summed E-state index contributed by atoms with van der Waals surface area (Å²) in [6.45, 7) is 6.29. The number of carbonyl (C=O) groups is 2. The smallest absolute Gasteiger partial charge is 0.331 e. The van der Waals surface area contributed by atoms with Crippen LogP contribution in [0.2, 0.25) is 0 Å². The number of nitrogens with zero attached hydrogens (tertiary/aromatic N) is 2. The van der Waals surface area contributed by atoms with Crippen LogP contribution >= 0.6 is 0 Å². The highest BCUT2D eigenvalue weighted by Crippen LogP contribution is 2.32. The highest BCUT2D eigenvalue weighted by atomic mass is 16.6. The molecule has 29 heavy (non-hydrogen) atoms. The van der Waals surface area contributed by atoms with Crippen molar-refractivity contribution in [1.29, 1.82) is 0 Å². The Labute approximate surface area is 169 Å². The predicted octanol–water partition coefficient (Wildman–Crippen LogP) is 2.24. The SMILES string of the molecule is Cc1nn(C)c(C)c1/C=C/C(=O)OCC(=O)N[C@H](C)c1ccc2c(c1)OCCO2. The Balaban J connectivity index is 1.50. The number of rotatable bonds is 6. The van der Waals surface area contributed by atoms with Crippen molar-refractivity contribution < 1.29 is 23.8 Å². The number of fused-ring (bicyclic) bond motifs is 1. The number of esters is 1. The third-order valence-corrected chi connectivity index (χ3v) is 4.74. The van der Waals surface area contributed by atoms with Crippen molar-refractivity contribution in [3.63, 3.8) is 0 Å². The van der Waals surface area contributed by atoms with Crippen molar-refractivity contribution in [2.24, 2.45) is 7.05 Å². The molecule has 8 nitrogen and oxygen atoms in total. The van der Waals surface area contributed by atoms with E-state index in [-0.39, 0.29) is 18.6 Å². The molecule has 1 amide bonds. The first-order valence-corrected chi connectivity index (χ1v) is 9.39. The Morgan fingerprint density at radius 2 is 2.00 bits per heavy atom. The minimum absolute atomic E-state index is 0.270. The van der Waals surface area contributed by atoms with Gasteiger partial charge >= 0.3 is 5.97 Å². The van der Waals surface area contributed by atoms with E-state index < -0.39 is 5.97 Å². The molecule has 0 saturated carbocycles. The fraction of sp³-hybridized carbons (Fsp3) is 0.381. The lowest BCUT2D eigenvalue weighted by Gasteiger charge is -2.21. The standard InChI is InChI=1S/C21H25N3O5/c1-13(16-5-7-18-19(11-16)28-10-9-27-18)22-20(25)12-29-21(26)8-6-17-14(2)23-24(4)15(17)3/h5-8,11,13H,9-10,12H2,1-4H3,(H,22,25)/b8-6+/t13-/m1/s1. The molecule has 0 fully saturated rings. The molecular formula is C21H25N3O5. The van der Waals surface area contributed by atoms with Gasteiger partial charge in [0.1, 0.15) is 13.2 Å². The predicted molar refractivity (Wildman–Crippen MR) is 107 cm³/mol. The summed E-state index contributed by atoms with van der Waals surface area (Å²) < 4.78 is 17.8. The summed E-state index contributed by atoms with van der Waals surface area (Å²) in [5.74, 6) is 0.378. The number of nitrogens with one attached hydrogen (secondary N) is 1. The summed E-state index contributed by atoms with van der Waals surface area (Å²) in [5, 5.41) is 7.09. The number of hydrogen-bond acceptors (Lipinski definition) is 6. The van der Waals surface area contributed by atoms with Gasteiger partial charge in [-0.2, -0.15) is 5.10 Å². The first-order valence-electron chi connectivity index (χ1n) is 9.39. The zero-order valence-corrected chi connectivity index (χ0v) is 17.0. The van der Waals surface area contributed by atoms with Gasteiger partial charge in [-0.05, 0) is 44.5 Å². The number of hydrogen-bond donors (Lipinski definition) is 1. The Bertz CT molecular complexity index is 948. The van der Waals surface area contributed by atoms with E-state index in [9.17, 15) is 9.59 Å². The van der Waals surface area contributed by atoms with Crippen LogP contribution in [0.15, 0.2) is 24.3 Å². The number of aryl methyl sites for hydroxylation is 2. The van der Waals surface area contributed by atoms with Gasteiger partial charge < -0.3 is 19.5 Å². The summed E-state index contributed by atoms with van der Waals surface area (Å²) in [5.41, 5.74) is 3.50. The third kappa shape index (κ3) is 4.96. The maximum atomic E-state index is 12.1. The first kappa shape index (κ1) is 20.4. The largest absolute Gasteiger partial charge is 0.486 e.